The first-order valence-electron chi connectivity index (χ1n) is 4.47. The summed E-state index contributed by atoms with van der Waals surface area (Å²) < 4.78 is 0. The van der Waals surface area contributed by atoms with Crippen LogP contribution >= 0.6 is 0 Å². The second-order valence-corrected chi connectivity index (χ2v) is 3.43. The van der Waals surface area contributed by atoms with Crippen molar-refractivity contribution in [2.75, 3.05) is 0 Å². The molecule has 14 heavy (non-hydrogen) atoms. The van der Waals surface area contributed by atoms with Crippen LogP contribution in [-0.2, 0) is 16.3 Å². The third kappa shape index (κ3) is 2.49. The molecular weight excluding hydrogens is 180 g/mol. The van der Waals surface area contributed by atoms with E-state index in [-0.39, 0.29) is 12.2 Å². The average Bonchev–Trinajstić information content (AvgIpc) is 2.10. The highest BCUT2D eigenvalue weighted by atomic mass is 16.4. The van der Waals surface area contributed by atoms with Crippen molar-refractivity contribution in [3.8, 4) is 5.75 Å². The summed E-state index contributed by atoms with van der Waals surface area (Å²) in [5.41, 5.74) is 2.21. The molecule has 0 N–H and O–H groups in total. The van der Waals surface area contributed by atoms with Gasteiger partial charge in [0.15, 0.2) is 5.75 Å². The van der Waals surface area contributed by atoms with Crippen LogP contribution in [0.2, 0.25) is 0 Å². The minimum atomic E-state index is -1.06. The van der Waals surface area contributed by atoms with Crippen molar-refractivity contribution in [2.45, 2.75) is 26.7 Å². The lowest BCUT2D eigenvalue weighted by atomic mass is 10.0. The molecule has 0 spiro atoms. The van der Waals surface area contributed by atoms with Gasteiger partial charge in [-0.3, -0.25) is 5.11 Å². The van der Waals surface area contributed by atoms with E-state index in [1.165, 1.54) is 0 Å². The Morgan fingerprint density at radius 3 is 2.21 bits per heavy atom. The molecule has 0 saturated heterocycles. The molecule has 0 saturated carbocycles. The second-order valence-electron chi connectivity index (χ2n) is 3.43. The lowest BCUT2D eigenvalue weighted by Gasteiger charge is -2.06. The van der Waals surface area contributed by atoms with Gasteiger partial charge in [0.1, 0.15) is 0 Å². The monoisotopic (exact) mass is 192 g/mol. The van der Waals surface area contributed by atoms with Crippen molar-refractivity contribution in [2.24, 2.45) is 0 Å². The summed E-state index contributed by atoms with van der Waals surface area (Å²) in [6, 6.07) is 3.47. The summed E-state index contributed by atoms with van der Waals surface area (Å²) >= 11 is 0. The number of rotatable bonds is 3. The maximum absolute atomic E-state index is 11.3. The van der Waals surface area contributed by atoms with E-state index in [1.807, 2.05) is 0 Å². The first-order chi connectivity index (χ1) is 6.50. The summed E-state index contributed by atoms with van der Waals surface area (Å²) in [6.45, 7) is 3.47. The zero-order chi connectivity index (χ0) is 10.7. The number of carbonyl (C=O) groups excluding carboxylic acids is 1. The zero-order valence-electron chi connectivity index (χ0n) is 8.29. The van der Waals surface area contributed by atoms with Gasteiger partial charge in [0, 0.05) is 5.97 Å². The standard InChI is InChI=1S/C11H13O3/c1-7-5-9(3-4-10(12)13)6-8(2)11(7)14/h5-6H,3-4H2,1-2H3,(H,12,13)/p-1. The summed E-state index contributed by atoms with van der Waals surface area (Å²) in [6.07, 6.45) is 0.418. The van der Waals surface area contributed by atoms with E-state index in [4.69, 9.17) is 0 Å². The summed E-state index contributed by atoms with van der Waals surface area (Å²) in [4.78, 5) is 10.2. The third-order valence-electron chi connectivity index (χ3n) is 2.14. The molecule has 0 fully saturated rings. The largest absolute Gasteiger partial charge is 0.550 e. The van der Waals surface area contributed by atoms with Crippen LogP contribution in [0.4, 0.5) is 0 Å². The fraction of sp³-hybridized carbons (Fsp3) is 0.364. The van der Waals surface area contributed by atoms with Gasteiger partial charge in [-0.25, -0.2) is 0 Å². The Balaban J connectivity index is 2.84. The molecule has 0 aliphatic heterocycles. The maximum atomic E-state index is 11.3. The molecular formula is C11H12O3-. The van der Waals surface area contributed by atoms with Gasteiger partial charge in [-0.2, -0.15) is 0 Å². The molecule has 0 atom stereocenters. The van der Waals surface area contributed by atoms with Crippen LogP contribution in [0, 0.1) is 13.8 Å². The van der Waals surface area contributed by atoms with Crippen LogP contribution in [-0.4, -0.2) is 5.97 Å². The Bertz CT molecular complexity index is 333. The lowest BCUT2D eigenvalue weighted by molar-refractivity contribution is -0.305. The van der Waals surface area contributed by atoms with Gasteiger partial charge in [0.25, 0.3) is 0 Å². The molecule has 1 aromatic rings. The van der Waals surface area contributed by atoms with Crippen LogP contribution < -0.4 is 5.11 Å². The number of carboxylic acid groups (broad SMARTS) is 1. The molecule has 1 rings (SSSR count). The highest BCUT2D eigenvalue weighted by Crippen LogP contribution is 2.24. The second kappa shape index (κ2) is 4.13. The Labute approximate surface area is 83.0 Å². The lowest BCUT2D eigenvalue weighted by Crippen LogP contribution is -2.22. The molecule has 3 nitrogen and oxygen atoms in total. The molecule has 1 aromatic carbocycles. The fourth-order valence-electron chi connectivity index (χ4n) is 1.43. The van der Waals surface area contributed by atoms with E-state index in [2.05, 4.69) is 0 Å². The summed E-state index contributed by atoms with van der Waals surface area (Å²) in [5.74, 6) is -1.03. The van der Waals surface area contributed by atoms with Gasteiger partial charge in [-0.05, 0) is 43.4 Å². The van der Waals surface area contributed by atoms with Crippen molar-refractivity contribution >= 4 is 5.97 Å². The normalized spacial score (nSPS) is 10.1. The van der Waals surface area contributed by atoms with E-state index in [1.54, 1.807) is 26.0 Å². The van der Waals surface area contributed by atoms with Gasteiger partial charge < -0.3 is 9.90 Å². The van der Waals surface area contributed by atoms with Crippen molar-refractivity contribution in [1.82, 2.24) is 0 Å². The van der Waals surface area contributed by atoms with Gasteiger partial charge in [-0.1, -0.05) is 12.1 Å². The van der Waals surface area contributed by atoms with Crippen LogP contribution in [0.5, 0.6) is 5.75 Å². The third-order valence-corrected chi connectivity index (χ3v) is 2.14. The number of hydrogen-bond donors (Lipinski definition) is 0. The van der Waals surface area contributed by atoms with E-state index in [0.717, 1.165) is 5.56 Å². The highest BCUT2D eigenvalue weighted by Gasteiger charge is 2.04. The highest BCUT2D eigenvalue weighted by molar-refractivity contribution is 5.64. The predicted octanol–water partition coefficient (Wildman–Crippen LogP) is 1.13. The van der Waals surface area contributed by atoms with E-state index in [9.17, 15) is 15.0 Å². The molecule has 0 heterocycles. The van der Waals surface area contributed by atoms with Crippen molar-refractivity contribution in [3.63, 3.8) is 0 Å². The summed E-state index contributed by atoms with van der Waals surface area (Å²) in [5, 5.41) is 21.6. The van der Waals surface area contributed by atoms with Gasteiger partial charge in [0.2, 0.25) is 0 Å². The Morgan fingerprint density at radius 1 is 1.29 bits per heavy atom. The van der Waals surface area contributed by atoms with Crippen LogP contribution in [0.15, 0.2) is 12.1 Å². The van der Waals surface area contributed by atoms with Crippen molar-refractivity contribution in [1.29, 1.82) is 0 Å². The Kier molecular flexibility index (Phi) is 3.12. The van der Waals surface area contributed by atoms with Crippen molar-refractivity contribution < 1.29 is 15.0 Å². The van der Waals surface area contributed by atoms with Crippen LogP contribution in [0.3, 0.4) is 0 Å². The topological polar surface area (TPSA) is 60.0 Å². The quantitative estimate of drug-likeness (QED) is 0.720. The van der Waals surface area contributed by atoms with E-state index in [0.29, 0.717) is 17.5 Å². The SMILES string of the molecule is Cc1cc(CCC(=O)[O-])cc(C)c1[O]. The number of benzene rings is 1. The van der Waals surface area contributed by atoms with Gasteiger partial charge in [0.05, 0.1) is 0 Å². The smallest absolute Gasteiger partial charge is 0.184 e. The van der Waals surface area contributed by atoms with Crippen LogP contribution in [0.25, 0.3) is 0 Å². The summed E-state index contributed by atoms with van der Waals surface area (Å²) in [7, 11) is 0. The first kappa shape index (κ1) is 10.6. The Morgan fingerprint density at radius 2 is 1.79 bits per heavy atom. The van der Waals surface area contributed by atoms with E-state index >= 15 is 0 Å². The molecule has 3 heteroatoms. The number of aliphatic carboxylic acids is 1. The number of carboxylic acids is 1. The zero-order valence-corrected chi connectivity index (χ0v) is 8.29. The van der Waals surface area contributed by atoms with Crippen molar-refractivity contribution in [3.05, 3.63) is 28.8 Å². The molecule has 0 aliphatic carbocycles. The Hall–Kier alpha value is -1.51. The molecule has 0 aliphatic rings. The number of hydrogen-bond acceptors (Lipinski definition) is 2. The molecule has 0 bridgehead atoms. The number of aryl methyl sites for hydroxylation is 3. The predicted molar refractivity (Wildman–Crippen MR) is 49.4 cm³/mol. The van der Waals surface area contributed by atoms with Gasteiger partial charge in [-0.15, -0.1) is 0 Å². The molecule has 1 radical (unpaired) electrons. The molecule has 0 amide bonds. The maximum Gasteiger partial charge on any atom is 0.184 e. The van der Waals surface area contributed by atoms with Crippen LogP contribution in [0.1, 0.15) is 23.1 Å². The molecule has 75 valence electrons. The minimum absolute atomic E-state index is 0.00289. The van der Waals surface area contributed by atoms with E-state index < -0.39 is 5.97 Å². The first-order valence-corrected chi connectivity index (χ1v) is 4.47. The fourth-order valence-corrected chi connectivity index (χ4v) is 1.43. The minimum Gasteiger partial charge on any atom is -0.550 e. The van der Waals surface area contributed by atoms with Gasteiger partial charge >= 0.3 is 0 Å². The average molecular weight is 192 g/mol. The molecule has 0 aromatic heterocycles. The molecule has 0 unspecified atom stereocenters. The number of carbonyl (C=O) groups is 1.